The van der Waals surface area contributed by atoms with Crippen molar-refractivity contribution in [3.8, 4) is 5.69 Å². The number of aryl methyl sites for hydroxylation is 1. The van der Waals surface area contributed by atoms with Crippen molar-refractivity contribution in [3.05, 3.63) is 68.8 Å². The van der Waals surface area contributed by atoms with Crippen LogP contribution in [0.5, 0.6) is 0 Å². The molecule has 0 atom stereocenters. The maximum absolute atomic E-state index is 12.4. The standard InChI is InChI=1S/C19H19NO2S/c1-12-5-10-15-16(11-12)22-18(21)20(17(15)23)14-8-6-13(7-9-14)19(2,3)4/h5-11H,1-4H3. The van der Waals surface area contributed by atoms with Gasteiger partial charge in [0.25, 0.3) is 0 Å². The average molecular weight is 325 g/mol. The number of rotatable bonds is 1. The fraction of sp³-hybridized carbons (Fsp3) is 0.263. The molecule has 3 aromatic rings. The number of aromatic nitrogens is 1. The lowest BCUT2D eigenvalue weighted by Gasteiger charge is -2.19. The minimum Gasteiger partial charge on any atom is -0.409 e. The van der Waals surface area contributed by atoms with Crippen molar-refractivity contribution >= 4 is 23.2 Å². The summed E-state index contributed by atoms with van der Waals surface area (Å²) in [7, 11) is 0. The van der Waals surface area contributed by atoms with E-state index in [1.165, 1.54) is 10.1 Å². The lowest BCUT2D eigenvalue weighted by Crippen LogP contribution is -2.18. The fourth-order valence-corrected chi connectivity index (χ4v) is 2.92. The van der Waals surface area contributed by atoms with Crippen molar-refractivity contribution in [2.24, 2.45) is 0 Å². The van der Waals surface area contributed by atoms with Crippen LogP contribution >= 0.6 is 12.2 Å². The number of nitrogens with zero attached hydrogens (tertiary/aromatic N) is 1. The Balaban J connectivity index is 2.22. The van der Waals surface area contributed by atoms with Gasteiger partial charge in [-0.1, -0.05) is 51.2 Å². The molecule has 0 saturated heterocycles. The molecule has 1 aromatic heterocycles. The number of hydrogen-bond donors (Lipinski definition) is 0. The van der Waals surface area contributed by atoms with Crippen molar-refractivity contribution in [1.82, 2.24) is 4.57 Å². The lowest BCUT2D eigenvalue weighted by atomic mass is 9.87. The molecule has 0 amide bonds. The van der Waals surface area contributed by atoms with Gasteiger partial charge in [0.1, 0.15) is 10.2 Å². The molecule has 0 radical (unpaired) electrons. The second kappa shape index (κ2) is 5.46. The monoisotopic (exact) mass is 325 g/mol. The predicted octanol–water partition coefficient (Wildman–Crippen LogP) is 4.92. The summed E-state index contributed by atoms with van der Waals surface area (Å²) in [6.45, 7) is 8.41. The molecule has 0 fully saturated rings. The average Bonchev–Trinajstić information content (AvgIpc) is 2.46. The van der Waals surface area contributed by atoms with Crippen LogP contribution in [0.25, 0.3) is 16.7 Å². The quantitative estimate of drug-likeness (QED) is 0.596. The summed E-state index contributed by atoms with van der Waals surface area (Å²) in [5.74, 6) is -0.461. The molecule has 3 nitrogen and oxygen atoms in total. The molecule has 0 bridgehead atoms. The zero-order valence-electron chi connectivity index (χ0n) is 13.7. The molecular formula is C19H19NO2S. The van der Waals surface area contributed by atoms with Gasteiger partial charge in [0.05, 0.1) is 11.1 Å². The Morgan fingerprint density at radius 2 is 1.70 bits per heavy atom. The molecule has 0 aliphatic heterocycles. The first-order chi connectivity index (χ1) is 10.8. The van der Waals surface area contributed by atoms with Crippen LogP contribution in [0.15, 0.2) is 51.7 Å². The Morgan fingerprint density at radius 1 is 1.04 bits per heavy atom. The third kappa shape index (κ3) is 2.86. The van der Waals surface area contributed by atoms with Crippen molar-refractivity contribution in [2.45, 2.75) is 33.1 Å². The molecule has 3 rings (SSSR count). The maximum Gasteiger partial charge on any atom is 0.425 e. The van der Waals surface area contributed by atoms with Gasteiger partial charge in [-0.05, 0) is 47.7 Å². The van der Waals surface area contributed by atoms with E-state index in [0.717, 1.165) is 16.6 Å². The van der Waals surface area contributed by atoms with Gasteiger partial charge in [-0.15, -0.1) is 0 Å². The number of fused-ring (bicyclic) bond motifs is 1. The lowest BCUT2D eigenvalue weighted by molar-refractivity contribution is 0.507. The predicted molar refractivity (Wildman–Crippen MR) is 96.1 cm³/mol. The first-order valence-electron chi connectivity index (χ1n) is 7.55. The van der Waals surface area contributed by atoms with Crippen LogP contribution in [-0.4, -0.2) is 4.57 Å². The minimum atomic E-state index is -0.461. The Hall–Kier alpha value is -2.20. The van der Waals surface area contributed by atoms with Gasteiger partial charge in [-0.3, -0.25) is 0 Å². The third-order valence-electron chi connectivity index (χ3n) is 3.94. The van der Waals surface area contributed by atoms with E-state index in [2.05, 4.69) is 20.8 Å². The first-order valence-corrected chi connectivity index (χ1v) is 7.95. The van der Waals surface area contributed by atoms with Gasteiger partial charge in [0.15, 0.2) is 0 Å². The SMILES string of the molecule is Cc1ccc2c(=S)n(-c3ccc(C(C)(C)C)cc3)c(=O)oc2c1. The molecule has 1 heterocycles. The summed E-state index contributed by atoms with van der Waals surface area (Å²) in [4.78, 5) is 12.4. The molecule has 0 saturated carbocycles. The highest BCUT2D eigenvalue weighted by atomic mass is 32.1. The van der Waals surface area contributed by atoms with E-state index < -0.39 is 5.76 Å². The molecule has 0 aliphatic carbocycles. The normalized spacial score (nSPS) is 11.8. The van der Waals surface area contributed by atoms with E-state index in [1.807, 2.05) is 49.4 Å². The Labute approximate surface area is 140 Å². The molecule has 0 unspecified atom stereocenters. The van der Waals surface area contributed by atoms with Gasteiger partial charge in [-0.2, -0.15) is 0 Å². The van der Waals surface area contributed by atoms with Crippen molar-refractivity contribution in [3.63, 3.8) is 0 Å². The number of benzene rings is 2. The topological polar surface area (TPSA) is 35.1 Å². The molecule has 118 valence electrons. The third-order valence-corrected chi connectivity index (χ3v) is 4.34. The van der Waals surface area contributed by atoms with Crippen molar-refractivity contribution < 1.29 is 4.42 Å². The second-order valence-electron chi connectivity index (χ2n) is 6.81. The summed E-state index contributed by atoms with van der Waals surface area (Å²) >= 11 is 5.52. The van der Waals surface area contributed by atoms with Crippen LogP contribution in [0.4, 0.5) is 0 Å². The molecule has 0 aliphatic rings. The Morgan fingerprint density at radius 3 is 2.30 bits per heavy atom. The van der Waals surface area contributed by atoms with Crippen LogP contribution in [0.3, 0.4) is 0 Å². The van der Waals surface area contributed by atoms with E-state index in [1.54, 1.807) is 0 Å². The molecule has 2 aromatic carbocycles. The van der Waals surface area contributed by atoms with E-state index >= 15 is 0 Å². The van der Waals surface area contributed by atoms with E-state index in [-0.39, 0.29) is 5.41 Å². The first kappa shape index (κ1) is 15.7. The highest BCUT2D eigenvalue weighted by Crippen LogP contribution is 2.24. The molecule has 23 heavy (non-hydrogen) atoms. The minimum absolute atomic E-state index is 0.0611. The summed E-state index contributed by atoms with van der Waals surface area (Å²) in [6, 6.07) is 13.6. The van der Waals surface area contributed by atoms with Gasteiger partial charge in [0, 0.05) is 0 Å². The Kier molecular flexibility index (Phi) is 3.72. The van der Waals surface area contributed by atoms with E-state index in [0.29, 0.717) is 10.2 Å². The van der Waals surface area contributed by atoms with Gasteiger partial charge in [-0.25, -0.2) is 9.36 Å². The van der Waals surface area contributed by atoms with Gasteiger partial charge < -0.3 is 4.42 Å². The number of hydrogen-bond acceptors (Lipinski definition) is 3. The fourth-order valence-electron chi connectivity index (χ4n) is 2.57. The zero-order chi connectivity index (χ0) is 16.8. The van der Waals surface area contributed by atoms with Crippen LogP contribution in [-0.2, 0) is 5.41 Å². The molecule has 4 heteroatoms. The van der Waals surface area contributed by atoms with Crippen LogP contribution in [0.1, 0.15) is 31.9 Å². The largest absolute Gasteiger partial charge is 0.425 e. The smallest absolute Gasteiger partial charge is 0.409 e. The van der Waals surface area contributed by atoms with E-state index in [4.69, 9.17) is 16.6 Å². The summed E-state index contributed by atoms with van der Waals surface area (Å²) in [6.07, 6.45) is 0. The summed E-state index contributed by atoms with van der Waals surface area (Å²) in [5, 5.41) is 0.769. The molecule has 0 N–H and O–H groups in total. The van der Waals surface area contributed by atoms with Crippen LogP contribution in [0.2, 0.25) is 0 Å². The highest BCUT2D eigenvalue weighted by molar-refractivity contribution is 7.71. The maximum atomic E-state index is 12.4. The summed E-state index contributed by atoms with van der Waals surface area (Å²) < 4.78 is 7.36. The van der Waals surface area contributed by atoms with Crippen LogP contribution < -0.4 is 5.76 Å². The van der Waals surface area contributed by atoms with E-state index in [9.17, 15) is 4.79 Å². The Bertz CT molecular complexity index is 989. The molecule has 0 spiro atoms. The summed E-state index contributed by atoms with van der Waals surface area (Å²) in [5.41, 5.74) is 3.55. The zero-order valence-corrected chi connectivity index (χ0v) is 14.5. The van der Waals surface area contributed by atoms with Gasteiger partial charge >= 0.3 is 5.76 Å². The van der Waals surface area contributed by atoms with Crippen LogP contribution in [0, 0.1) is 11.6 Å². The molecular weight excluding hydrogens is 306 g/mol. The highest BCUT2D eigenvalue weighted by Gasteiger charge is 2.14. The second-order valence-corrected chi connectivity index (χ2v) is 7.19. The van der Waals surface area contributed by atoms with Crippen molar-refractivity contribution in [1.29, 1.82) is 0 Å². The van der Waals surface area contributed by atoms with Crippen molar-refractivity contribution in [2.75, 3.05) is 0 Å². The van der Waals surface area contributed by atoms with Gasteiger partial charge in [0.2, 0.25) is 0 Å².